The molecule has 4 nitrogen and oxygen atoms in total. The Bertz CT molecular complexity index is 467. The maximum atomic E-state index is 8.81. The van der Waals surface area contributed by atoms with Crippen molar-refractivity contribution in [2.45, 2.75) is 25.5 Å². The minimum absolute atomic E-state index is 0.171. The lowest BCUT2D eigenvalue weighted by Gasteiger charge is -2.18. The van der Waals surface area contributed by atoms with E-state index in [-0.39, 0.29) is 12.1 Å². The van der Waals surface area contributed by atoms with E-state index >= 15 is 0 Å². The van der Waals surface area contributed by atoms with E-state index < -0.39 is 0 Å². The Kier molecular flexibility index (Phi) is 5.03. The van der Waals surface area contributed by atoms with Crippen molar-refractivity contribution in [1.29, 1.82) is 5.26 Å². The van der Waals surface area contributed by atoms with Gasteiger partial charge in [0.05, 0.1) is 29.9 Å². The molecule has 102 valence electrons. The first kappa shape index (κ1) is 14.1. The summed E-state index contributed by atoms with van der Waals surface area (Å²) < 4.78 is 11.0. The maximum absolute atomic E-state index is 8.81. The van der Waals surface area contributed by atoms with Gasteiger partial charge in [0.15, 0.2) is 0 Å². The zero-order valence-corrected chi connectivity index (χ0v) is 11.6. The highest BCUT2D eigenvalue weighted by Crippen LogP contribution is 2.20. The van der Waals surface area contributed by atoms with E-state index in [1.807, 2.05) is 19.1 Å². The maximum Gasteiger partial charge on any atom is 0.101 e. The van der Waals surface area contributed by atoms with E-state index in [0.717, 1.165) is 18.7 Å². The number of halogens is 1. The van der Waals surface area contributed by atoms with Crippen LogP contribution < -0.4 is 5.32 Å². The van der Waals surface area contributed by atoms with Crippen LogP contribution in [0.15, 0.2) is 18.2 Å². The summed E-state index contributed by atoms with van der Waals surface area (Å²) in [5, 5.41) is 12.6. The van der Waals surface area contributed by atoms with Crippen molar-refractivity contribution in [3.8, 4) is 6.07 Å². The molecule has 0 saturated carbocycles. The number of hydrogen-bond donors (Lipinski definition) is 1. The molecule has 1 fully saturated rings. The van der Waals surface area contributed by atoms with Crippen LogP contribution in [0.25, 0.3) is 0 Å². The SMILES string of the molecule is CC(COC1CCOC1)Nc1ccc(C#N)c(Cl)c1. The number of nitrogens with zero attached hydrogens (tertiary/aromatic N) is 1. The van der Waals surface area contributed by atoms with Gasteiger partial charge in [-0.15, -0.1) is 0 Å². The van der Waals surface area contributed by atoms with E-state index in [4.69, 9.17) is 26.3 Å². The summed E-state index contributed by atoms with van der Waals surface area (Å²) >= 11 is 5.98. The molecule has 0 spiro atoms. The molecule has 19 heavy (non-hydrogen) atoms. The topological polar surface area (TPSA) is 54.3 Å². The second kappa shape index (κ2) is 6.76. The zero-order chi connectivity index (χ0) is 13.7. The van der Waals surface area contributed by atoms with Crippen LogP contribution in [0.5, 0.6) is 0 Å². The number of nitrogens with one attached hydrogen (secondary N) is 1. The van der Waals surface area contributed by atoms with Gasteiger partial charge in [-0.2, -0.15) is 5.26 Å². The molecule has 1 aromatic carbocycles. The Morgan fingerprint density at radius 1 is 1.63 bits per heavy atom. The molecule has 0 aliphatic carbocycles. The number of anilines is 1. The molecule has 1 N–H and O–H groups in total. The molecule has 1 aromatic rings. The summed E-state index contributed by atoms with van der Waals surface area (Å²) in [6.07, 6.45) is 1.18. The molecule has 1 aliphatic heterocycles. The van der Waals surface area contributed by atoms with Crippen LogP contribution in [-0.4, -0.2) is 32.0 Å². The Morgan fingerprint density at radius 2 is 2.47 bits per heavy atom. The monoisotopic (exact) mass is 280 g/mol. The Labute approximate surface area is 118 Å². The van der Waals surface area contributed by atoms with Gasteiger partial charge in [0.1, 0.15) is 6.07 Å². The number of ether oxygens (including phenoxy) is 2. The highest BCUT2D eigenvalue weighted by molar-refractivity contribution is 6.32. The van der Waals surface area contributed by atoms with Gasteiger partial charge in [-0.25, -0.2) is 0 Å². The van der Waals surface area contributed by atoms with Crippen LogP contribution in [0.2, 0.25) is 5.02 Å². The molecule has 2 atom stereocenters. The van der Waals surface area contributed by atoms with Crippen molar-refractivity contribution >= 4 is 17.3 Å². The molecular weight excluding hydrogens is 264 g/mol. The van der Waals surface area contributed by atoms with Crippen LogP contribution in [0.4, 0.5) is 5.69 Å². The summed E-state index contributed by atoms with van der Waals surface area (Å²) in [5.41, 5.74) is 1.38. The predicted molar refractivity (Wildman–Crippen MR) is 74.4 cm³/mol. The van der Waals surface area contributed by atoms with Crippen LogP contribution in [0.3, 0.4) is 0 Å². The van der Waals surface area contributed by atoms with Crippen molar-refractivity contribution in [2.75, 3.05) is 25.1 Å². The molecule has 2 unspecified atom stereocenters. The third kappa shape index (κ3) is 4.10. The highest BCUT2D eigenvalue weighted by atomic mass is 35.5. The molecule has 1 saturated heterocycles. The Morgan fingerprint density at radius 3 is 3.11 bits per heavy atom. The molecule has 2 rings (SSSR count). The summed E-state index contributed by atoms with van der Waals surface area (Å²) in [5.74, 6) is 0. The van der Waals surface area contributed by atoms with Gasteiger partial charge < -0.3 is 14.8 Å². The Balaban J connectivity index is 1.82. The lowest BCUT2D eigenvalue weighted by molar-refractivity contribution is 0.0395. The van der Waals surface area contributed by atoms with Crippen molar-refractivity contribution in [3.05, 3.63) is 28.8 Å². The third-order valence-electron chi connectivity index (χ3n) is 2.97. The first-order chi connectivity index (χ1) is 9.19. The van der Waals surface area contributed by atoms with Gasteiger partial charge >= 0.3 is 0 Å². The van der Waals surface area contributed by atoms with Crippen molar-refractivity contribution < 1.29 is 9.47 Å². The fraction of sp³-hybridized carbons (Fsp3) is 0.500. The van der Waals surface area contributed by atoms with Gasteiger partial charge in [-0.3, -0.25) is 0 Å². The van der Waals surface area contributed by atoms with Crippen LogP contribution in [-0.2, 0) is 9.47 Å². The van der Waals surface area contributed by atoms with E-state index in [9.17, 15) is 0 Å². The molecule has 1 aliphatic rings. The number of nitriles is 1. The molecule has 1 heterocycles. The fourth-order valence-corrected chi connectivity index (χ4v) is 2.17. The fourth-order valence-electron chi connectivity index (χ4n) is 1.95. The first-order valence-electron chi connectivity index (χ1n) is 6.34. The van der Waals surface area contributed by atoms with E-state index in [0.29, 0.717) is 23.8 Å². The number of benzene rings is 1. The van der Waals surface area contributed by atoms with Crippen molar-refractivity contribution in [2.24, 2.45) is 0 Å². The second-order valence-electron chi connectivity index (χ2n) is 4.67. The van der Waals surface area contributed by atoms with Gasteiger partial charge in [0, 0.05) is 18.3 Å². The molecule has 0 aromatic heterocycles. The van der Waals surface area contributed by atoms with E-state index in [2.05, 4.69) is 5.32 Å². The Hall–Kier alpha value is -1.28. The summed E-state index contributed by atoms with van der Waals surface area (Å²) in [6.45, 7) is 4.14. The summed E-state index contributed by atoms with van der Waals surface area (Å²) in [7, 11) is 0. The minimum Gasteiger partial charge on any atom is -0.380 e. The largest absolute Gasteiger partial charge is 0.380 e. The zero-order valence-electron chi connectivity index (χ0n) is 10.9. The number of rotatable bonds is 5. The quantitative estimate of drug-likeness (QED) is 0.901. The molecule has 0 bridgehead atoms. The van der Waals surface area contributed by atoms with Crippen LogP contribution in [0.1, 0.15) is 18.9 Å². The lowest BCUT2D eigenvalue weighted by Crippen LogP contribution is -2.25. The third-order valence-corrected chi connectivity index (χ3v) is 3.29. The molecule has 0 radical (unpaired) electrons. The van der Waals surface area contributed by atoms with Gasteiger partial charge in [-0.1, -0.05) is 11.6 Å². The smallest absolute Gasteiger partial charge is 0.101 e. The van der Waals surface area contributed by atoms with Gasteiger partial charge in [0.25, 0.3) is 0 Å². The average molecular weight is 281 g/mol. The second-order valence-corrected chi connectivity index (χ2v) is 5.08. The van der Waals surface area contributed by atoms with Crippen LogP contribution >= 0.6 is 11.6 Å². The van der Waals surface area contributed by atoms with Crippen LogP contribution in [0, 0.1) is 11.3 Å². The number of hydrogen-bond acceptors (Lipinski definition) is 4. The highest BCUT2D eigenvalue weighted by Gasteiger charge is 2.17. The summed E-state index contributed by atoms with van der Waals surface area (Å²) in [6, 6.07) is 7.53. The first-order valence-corrected chi connectivity index (χ1v) is 6.72. The van der Waals surface area contributed by atoms with E-state index in [1.165, 1.54) is 0 Å². The van der Waals surface area contributed by atoms with Crippen molar-refractivity contribution in [3.63, 3.8) is 0 Å². The van der Waals surface area contributed by atoms with E-state index in [1.54, 1.807) is 12.1 Å². The minimum atomic E-state index is 0.171. The van der Waals surface area contributed by atoms with Gasteiger partial charge in [0.2, 0.25) is 0 Å². The standard InChI is InChI=1S/C14H17ClN2O2/c1-10(8-19-13-4-5-18-9-13)17-12-3-2-11(7-16)14(15)6-12/h2-3,6,10,13,17H,4-5,8-9H2,1H3. The molecule has 5 heteroatoms. The normalized spacial score (nSPS) is 19.9. The molecule has 0 amide bonds. The average Bonchev–Trinajstić information content (AvgIpc) is 2.90. The predicted octanol–water partition coefficient (Wildman–Crippen LogP) is 2.82. The lowest BCUT2D eigenvalue weighted by atomic mass is 10.2. The molecular formula is C14H17ClN2O2. The van der Waals surface area contributed by atoms with Gasteiger partial charge in [-0.05, 0) is 31.5 Å². The van der Waals surface area contributed by atoms with Crippen molar-refractivity contribution in [1.82, 2.24) is 0 Å². The summed E-state index contributed by atoms with van der Waals surface area (Å²) in [4.78, 5) is 0.